The van der Waals surface area contributed by atoms with Crippen LogP contribution in [0, 0.1) is 40.4 Å². The highest BCUT2D eigenvalue weighted by Gasteiger charge is 2.70. The van der Waals surface area contributed by atoms with E-state index in [1.54, 1.807) is 23.8 Å². The first-order chi connectivity index (χ1) is 23.3. The highest BCUT2D eigenvalue weighted by Crippen LogP contribution is 2.69. The molecule has 8 nitrogen and oxygen atoms in total. The summed E-state index contributed by atoms with van der Waals surface area (Å²) in [7, 11) is -1.88. The standard InChI is InChI=1S/C41H65N3O5Si/c1-26(2)15-18-35(45)27(3)41(47)36(48-37(46)31-14-12-11-13-28(31)25-43-44-42)24-34-32-17-16-29-23-30(49-50(9,10)38(4,5)6)19-21-39(29,7)33(32)20-22-40(34,41)8/h11-14,16,26-27,30,32-36,45,47H,15,17-25H2,1-10H3/t27-,30+,32-,33+,34+,35?,36+,39+,40+,41-/m1/s1. The number of ether oxygens (including phenoxy) is 1. The van der Waals surface area contributed by atoms with Crippen molar-refractivity contribution in [2.45, 2.75) is 162 Å². The van der Waals surface area contributed by atoms with Crippen LogP contribution < -0.4 is 0 Å². The second kappa shape index (κ2) is 14.3. The molecule has 0 bridgehead atoms. The average molecular weight is 708 g/mol. The molecular formula is C41H65N3O5Si. The molecule has 3 fully saturated rings. The van der Waals surface area contributed by atoms with E-state index in [9.17, 15) is 15.0 Å². The number of hydrogen-bond acceptors (Lipinski definition) is 6. The van der Waals surface area contributed by atoms with Crippen LogP contribution in [-0.2, 0) is 15.7 Å². The van der Waals surface area contributed by atoms with Gasteiger partial charge in [-0.1, -0.05) is 90.4 Å². The number of aliphatic hydroxyl groups is 2. The number of benzene rings is 1. The number of nitrogens with zero attached hydrogens (tertiary/aromatic N) is 3. The van der Waals surface area contributed by atoms with Gasteiger partial charge in [0.1, 0.15) is 11.7 Å². The van der Waals surface area contributed by atoms with Crippen molar-refractivity contribution in [2.24, 2.45) is 45.5 Å². The summed E-state index contributed by atoms with van der Waals surface area (Å²) in [6.07, 6.45) is 9.28. The first-order valence-electron chi connectivity index (χ1n) is 19.4. The molecule has 0 radical (unpaired) electrons. The maximum Gasteiger partial charge on any atom is 0.338 e. The normalized spacial score (nSPS) is 35.2. The molecule has 1 aromatic rings. The van der Waals surface area contributed by atoms with Crippen LogP contribution >= 0.6 is 0 Å². The molecule has 0 saturated heterocycles. The van der Waals surface area contributed by atoms with Crippen LogP contribution in [0.5, 0.6) is 0 Å². The van der Waals surface area contributed by atoms with E-state index < -0.39 is 43.4 Å². The van der Waals surface area contributed by atoms with Gasteiger partial charge in [-0.15, -0.1) is 0 Å². The zero-order chi connectivity index (χ0) is 36.9. The molecule has 0 heterocycles. The molecule has 0 amide bonds. The van der Waals surface area contributed by atoms with E-state index in [-0.39, 0.29) is 29.0 Å². The fourth-order valence-corrected chi connectivity index (χ4v) is 11.9. The summed E-state index contributed by atoms with van der Waals surface area (Å²) in [4.78, 5) is 16.8. The number of esters is 1. The molecule has 4 aliphatic rings. The van der Waals surface area contributed by atoms with Crippen molar-refractivity contribution in [1.29, 1.82) is 0 Å². The number of azide groups is 1. The second-order valence-corrected chi connectivity index (χ2v) is 23.5. The van der Waals surface area contributed by atoms with Crippen molar-refractivity contribution in [2.75, 3.05) is 0 Å². The van der Waals surface area contributed by atoms with Gasteiger partial charge in [0.25, 0.3) is 0 Å². The summed E-state index contributed by atoms with van der Waals surface area (Å²) in [5, 5.41) is 28.7. The summed E-state index contributed by atoms with van der Waals surface area (Å²) >= 11 is 0. The Hall–Kier alpha value is -2.16. The summed E-state index contributed by atoms with van der Waals surface area (Å²) in [6, 6.07) is 7.06. The third-order valence-corrected chi connectivity index (χ3v) is 19.2. The lowest BCUT2D eigenvalue weighted by Gasteiger charge is -2.60. The van der Waals surface area contributed by atoms with Crippen molar-refractivity contribution >= 4 is 14.3 Å². The van der Waals surface area contributed by atoms with Gasteiger partial charge >= 0.3 is 5.97 Å². The third-order valence-electron chi connectivity index (χ3n) is 14.7. The third kappa shape index (κ3) is 6.87. The Morgan fingerprint density at radius 2 is 1.80 bits per heavy atom. The monoisotopic (exact) mass is 707 g/mol. The highest BCUT2D eigenvalue weighted by molar-refractivity contribution is 6.74. The summed E-state index contributed by atoms with van der Waals surface area (Å²) in [6.45, 7) is 22.7. The number of rotatable bonds is 11. The Bertz CT molecular complexity index is 1480. The molecule has 0 aromatic heterocycles. The molecule has 0 aliphatic heterocycles. The van der Waals surface area contributed by atoms with Crippen LogP contribution in [0.2, 0.25) is 18.1 Å². The Morgan fingerprint density at radius 3 is 2.46 bits per heavy atom. The Labute approximate surface area is 302 Å². The number of allylic oxidation sites excluding steroid dienone is 1. The van der Waals surface area contributed by atoms with Gasteiger partial charge in [0.15, 0.2) is 8.32 Å². The van der Waals surface area contributed by atoms with Crippen molar-refractivity contribution in [1.82, 2.24) is 0 Å². The summed E-state index contributed by atoms with van der Waals surface area (Å²) in [5.41, 5.74) is 9.59. The highest BCUT2D eigenvalue weighted by atomic mass is 28.4. The first-order valence-corrected chi connectivity index (χ1v) is 22.3. The largest absolute Gasteiger partial charge is 0.456 e. The minimum absolute atomic E-state index is 0.0418. The van der Waals surface area contributed by atoms with E-state index in [1.165, 1.54) is 0 Å². The van der Waals surface area contributed by atoms with Gasteiger partial charge in [0.2, 0.25) is 0 Å². The van der Waals surface area contributed by atoms with E-state index in [2.05, 4.69) is 77.7 Å². The van der Waals surface area contributed by atoms with Gasteiger partial charge in [0, 0.05) is 22.3 Å². The van der Waals surface area contributed by atoms with Gasteiger partial charge in [-0.05, 0) is 122 Å². The lowest BCUT2D eigenvalue weighted by atomic mass is 9.46. The zero-order valence-corrected chi connectivity index (χ0v) is 33.5. The number of fused-ring (bicyclic) bond motifs is 5. The van der Waals surface area contributed by atoms with Gasteiger partial charge in [-0.3, -0.25) is 0 Å². The van der Waals surface area contributed by atoms with E-state index in [4.69, 9.17) is 14.7 Å². The van der Waals surface area contributed by atoms with E-state index in [0.717, 1.165) is 44.9 Å². The second-order valence-electron chi connectivity index (χ2n) is 18.8. The molecule has 5 rings (SSSR count). The van der Waals surface area contributed by atoms with Crippen molar-refractivity contribution in [3.8, 4) is 0 Å². The summed E-state index contributed by atoms with van der Waals surface area (Å²) in [5.74, 6) is 0.404. The van der Waals surface area contributed by atoms with Gasteiger partial charge < -0.3 is 19.4 Å². The Kier molecular flexibility index (Phi) is 11.2. The Morgan fingerprint density at radius 1 is 1.10 bits per heavy atom. The fraction of sp³-hybridized carbons (Fsp3) is 0.780. The number of aliphatic hydroxyl groups excluding tert-OH is 1. The molecular weight excluding hydrogens is 643 g/mol. The maximum atomic E-state index is 14.0. The smallest absolute Gasteiger partial charge is 0.338 e. The molecule has 1 aromatic carbocycles. The van der Waals surface area contributed by atoms with Crippen LogP contribution in [0.3, 0.4) is 0 Å². The minimum atomic E-state index is -1.88. The molecule has 4 aliphatic carbocycles. The Balaban J connectivity index is 1.46. The maximum absolute atomic E-state index is 14.0. The minimum Gasteiger partial charge on any atom is -0.456 e. The number of carbonyl (C=O) groups excluding carboxylic acids is 1. The predicted molar refractivity (Wildman–Crippen MR) is 202 cm³/mol. The first kappa shape index (κ1) is 39.1. The van der Waals surface area contributed by atoms with Crippen LogP contribution in [0.4, 0.5) is 0 Å². The molecule has 50 heavy (non-hydrogen) atoms. The average Bonchev–Trinajstić information content (AvgIpc) is 3.28. The topological polar surface area (TPSA) is 125 Å². The van der Waals surface area contributed by atoms with Crippen molar-refractivity contribution < 1.29 is 24.2 Å². The van der Waals surface area contributed by atoms with Gasteiger partial charge in [-0.2, -0.15) is 0 Å². The fourth-order valence-electron chi connectivity index (χ4n) is 10.5. The number of hydrogen-bond donors (Lipinski definition) is 2. The van der Waals surface area contributed by atoms with E-state index in [1.807, 2.05) is 13.0 Å². The molecule has 278 valence electrons. The molecule has 10 atom stereocenters. The summed E-state index contributed by atoms with van der Waals surface area (Å²) < 4.78 is 13.4. The number of carbonyl (C=O) groups is 1. The molecule has 1 unspecified atom stereocenters. The molecule has 2 N–H and O–H groups in total. The van der Waals surface area contributed by atoms with E-state index in [0.29, 0.717) is 41.7 Å². The van der Waals surface area contributed by atoms with Crippen LogP contribution in [0.25, 0.3) is 10.4 Å². The van der Waals surface area contributed by atoms with E-state index >= 15 is 0 Å². The lowest BCUT2D eigenvalue weighted by Crippen LogP contribution is -2.61. The molecule has 9 heteroatoms. The van der Waals surface area contributed by atoms with Crippen LogP contribution in [0.1, 0.15) is 129 Å². The van der Waals surface area contributed by atoms with Gasteiger partial charge in [-0.25, -0.2) is 4.79 Å². The lowest BCUT2D eigenvalue weighted by molar-refractivity contribution is -0.199. The van der Waals surface area contributed by atoms with Crippen molar-refractivity contribution in [3.63, 3.8) is 0 Å². The van der Waals surface area contributed by atoms with Crippen molar-refractivity contribution in [3.05, 3.63) is 57.5 Å². The van der Waals surface area contributed by atoms with Gasteiger partial charge in [0.05, 0.1) is 18.2 Å². The quantitative estimate of drug-likeness (QED) is 0.0591. The molecule has 0 spiro atoms. The SMILES string of the molecule is CC(C)CCC(O)[C@@H](C)[C@@]1(O)[C@@H](OC(=O)c2ccccc2CN=[N+]=[N-])C[C@H]2[C@@H]3CC=C4C[C@@H](O[Si](C)(C)C(C)(C)C)CC[C@]4(C)[C@H]3CC[C@@]21C. The zero-order valence-electron chi connectivity index (χ0n) is 32.5. The van der Waals surface area contributed by atoms with Crippen LogP contribution in [-0.4, -0.2) is 48.4 Å². The predicted octanol–water partition coefficient (Wildman–Crippen LogP) is 10.1. The molecule has 3 saturated carbocycles. The van der Waals surface area contributed by atoms with Crippen LogP contribution in [0.15, 0.2) is 41.0 Å².